The van der Waals surface area contributed by atoms with E-state index in [4.69, 9.17) is 9.47 Å². The van der Waals surface area contributed by atoms with Crippen LogP contribution in [0.3, 0.4) is 0 Å². The molecule has 0 fully saturated rings. The van der Waals surface area contributed by atoms with Crippen LogP contribution >= 0.6 is 0 Å². The van der Waals surface area contributed by atoms with E-state index in [1.807, 2.05) is 24.4 Å². The summed E-state index contributed by atoms with van der Waals surface area (Å²) in [5.74, 6) is -0.830. The molecule has 0 saturated heterocycles. The summed E-state index contributed by atoms with van der Waals surface area (Å²) < 4.78 is 26.0. The van der Waals surface area contributed by atoms with Gasteiger partial charge in [0.05, 0.1) is 19.2 Å². The monoisotopic (exact) mass is 403 g/mol. The number of halogens is 1. The zero-order valence-corrected chi connectivity index (χ0v) is 16.7. The van der Waals surface area contributed by atoms with E-state index >= 15 is 0 Å². The van der Waals surface area contributed by atoms with Crippen LogP contribution in [0, 0.1) is 5.82 Å². The molecular formula is C21H26FN3O4. The third-order valence-corrected chi connectivity index (χ3v) is 5.04. The molecule has 1 aromatic carbocycles. The zero-order chi connectivity index (χ0) is 20.8. The third-order valence-electron chi connectivity index (χ3n) is 5.04. The van der Waals surface area contributed by atoms with Crippen molar-refractivity contribution in [1.29, 1.82) is 0 Å². The van der Waals surface area contributed by atoms with E-state index in [1.165, 1.54) is 24.1 Å². The number of methoxy groups -OCH3 is 2. The predicted molar refractivity (Wildman–Crippen MR) is 105 cm³/mol. The summed E-state index contributed by atoms with van der Waals surface area (Å²) in [5.41, 5.74) is 1.62. The Hall–Kier alpha value is -2.71. The van der Waals surface area contributed by atoms with Crippen molar-refractivity contribution in [3.8, 4) is 0 Å². The molecule has 156 valence electrons. The van der Waals surface area contributed by atoms with Crippen LogP contribution in [0.15, 0.2) is 42.6 Å². The van der Waals surface area contributed by atoms with Crippen molar-refractivity contribution in [3.63, 3.8) is 0 Å². The molecule has 1 atom stereocenters. The van der Waals surface area contributed by atoms with Gasteiger partial charge in [0.1, 0.15) is 12.4 Å². The van der Waals surface area contributed by atoms with Crippen molar-refractivity contribution in [2.75, 3.05) is 47.1 Å². The van der Waals surface area contributed by atoms with Gasteiger partial charge in [0.2, 0.25) is 11.8 Å². The Balaban J connectivity index is 1.86. The molecule has 1 aliphatic heterocycles. The van der Waals surface area contributed by atoms with Gasteiger partial charge in [0.15, 0.2) is 0 Å². The Morgan fingerprint density at radius 2 is 2.00 bits per heavy atom. The lowest BCUT2D eigenvalue weighted by Gasteiger charge is -2.38. The van der Waals surface area contributed by atoms with Crippen molar-refractivity contribution < 1.29 is 23.5 Å². The second kappa shape index (κ2) is 9.67. The van der Waals surface area contributed by atoms with Gasteiger partial charge in [-0.3, -0.25) is 9.59 Å². The fourth-order valence-electron chi connectivity index (χ4n) is 3.64. The Labute approximate surface area is 169 Å². The average molecular weight is 403 g/mol. The summed E-state index contributed by atoms with van der Waals surface area (Å²) in [6, 6.07) is 9.73. The molecular weight excluding hydrogens is 377 g/mol. The van der Waals surface area contributed by atoms with Gasteiger partial charge in [0.25, 0.3) is 0 Å². The topological polar surface area (TPSA) is 64.0 Å². The molecule has 7 nitrogen and oxygen atoms in total. The Morgan fingerprint density at radius 3 is 2.72 bits per heavy atom. The summed E-state index contributed by atoms with van der Waals surface area (Å²) >= 11 is 0. The molecule has 2 aromatic rings. The van der Waals surface area contributed by atoms with Crippen molar-refractivity contribution in [2.45, 2.75) is 12.6 Å². The number of hydrogen-bond acceptors (Lipinski definition) is 4. The molecule has 2 heterocycles. The number of hydrogen-bond donors (Lipinski definition) is 0. The average Bonchev–Trinajstić information content (AvgIpc) is 3.19. The molecule has 2 amide bonds. The molecule has 8 heteroatoms. The van der Waals surface area contributed by atoms with Crippen LogP contribution in [0.25, 0.3) is 0 Å². The van der Waals surface area contributed by atoms with Crippen molar-refractivity contribution in [2.24, 2.45) is 0 Å². The predicted octanol–water partition coefficient (Wildman–Crippen LogP) is 1.68. The summed E-state index contributed by atoms with van der Waals surface area (Å²) in [4.78, 5) is 28.7. The minimum Gasteiger partial charge on any atom is -0.383 e. The number of carbonyl (C=O) groups excluding carboxylic acids is 2. The highest BCUT2D eigenvalue weighted by Crippen LogP contribution is 2.32. The molecule has 0 saturated carbocycles. The molecule has 29 heavy (non-hydrogen) atoms. The fraction of sp³-hybridized carbons (Fsp3) is 0.429. The smallest absolute Gasteiger partial charge is 0.249 e. The largest absolute Gasteiger partial charge is 0.383 e. The van der Waals surface area contributed by atoms with Crippen LogP contribution in [0.5, 0.6) is 0 Å². The van der Waals surface area contributed by atoms with Gasteiger partial charge in [-0.15, -0.1) is 0 Å². The molecule has 1 unspecified atom stereocenters. The van der Waals surface area contributed by atoms with Crippen LogP contribution in [-0.2, 0) is 25.6 Å². The quantitative estimate of drug-likeness (QED) is 0.673. The first kappa shape index (κ1) is 21.0. The van der Waals surface area contributed by atoms with Gasteiger partial charge in [-0.25, -0.2) is 4.39 Å². The number of amides is 2. The highest BCUT2D eigenvalue weighted by atomic mass is 19.1. The minimum atomic E-state index is -0.413. The molecule has 0 aliphatic carbocycles. The molecule has 0 radical (unpaired) electrons. The number of ether oxygens (including phenoxy) is 2. The summed E-state index contributed by atoms with van der Waals surface area (Å²) in [6.45, 7) is 1.53. The molecule has 0 bridgehead atoms. The molecule has 0 N–H and O–H groups in total. The second-order valence-electron chi connectivity index (χ2n) is 6.91. The maximum Gasteiger partial charge on any atom is 0.249 e. The van der Waals surface area contributed by atoms with E-state index in [2.05, 4.69) is 4.57 Å². The van der Waals surface area contributed by atoms with Crippen LogP contribution in [0.1, 0.15) is 17.3 Å². The first-order chi connectivity index (χ1) is 14.0. The summed E-state index contributed by atoms with van der Waals surface area (Å²) in [6.07, 6.45) is 1.95. The van der Waals surface area contributed by atoms with E-state index in [0.29, 0.717) is 31.8 Å². The fourth-order valence-corrected chi connectivity index (χ4v) is 3.64. The standard InChI is InChI=1S/C21H26FN3O4/c1-28-12-11-24(20(27)15-29-2)14-19(26)25-10-9-23-8-4-7-18(23)21(25)16-5-3-6-17(22)13-16/h3-8,13,21H,9-12,14-15H2,1-2H3. The second-order valence-corrected chi connectivity index (χ2v) is 6.91. The van der Waals surface area contributed by atoms with Crippen molar-refractivity contribution in [1.82, 2.24) is 14.4 Å². The highest BCUT2D eigenvalue weighted by Gasteiger charge is 2.33. The first-order valence-corrected chi connectivity index (χ1v) is 9.50. The van der Waals surface area contributed by atoms with E-state index in [0.717, 1.165) is 5.69 Å². The number of carbonyl (C=O) groups is 2. The molecule has 1 aliphatic rings. The molecule has 0 spiro atoms. The van der Waals surface area contributed by atoms with Crippen LogP contribution < -0.4 is 0 Å². The lowest BCUT2D eigenvalue weighted by Crippen LogP contribution is -2.49. The van der Waals surface area contributed by atoms with Crippen LogP contribution in [-0.4, -0.2) is 73.2 Å². The van der Waals surface area contributed by atoms with Gasteiger partial charge in [-0.1, -0.05) is 12.1 Å². The van der Waals surface area contributed by atoms with Gasteiger partial charge in [-0.2, -0.15) is 0 Å². The van der Waals surface area contributed by atoms with E-state index in [9.17, 15) is 14.0 Å². The summed E-state index contributed by atoms with van der Waals surface area (Å²) in [5, 5.41) is 0. The molecule has 1 aromatic heterocycles. The lowest BCUT2D eigenvalue weighted by molar-refractivity contribution is -0.144. The normalized spacial score (nSPS) is 15.8. The van der Waals surface area contributed by atoms with E-state index in [1.54, 1.807) is 18.1 Å². The maximum absolute atomic E-state index is 13.9. The highest BCUT2D eigenvalue weighted by molar-refractivity contribution is 5.86. The Bertz CT molecular complexity index is 854. The van der Waals surface area contributed by atoms with Crippen LogP contribution in [0.2, 0.25) is 0 Å². The third kappa shape index (κ3) is 4.83. The number of benzene rings is 1. The molecule has 3 rings (SSSR count). The van der Waals surface area contributed by atoms with Gasteiger partial charge >= 0.3 is 0 Å². The summed E-state index contributed by atoms with van der Waals surface area (Å²) in [7, 11) is 2.98. The first-order valence-electron chi connectivity index (χ1n) is 9.50. The van der Waals surface area contributed by atoms with Crippen molar-refractivity contribution in [3.05, 3.63) is 59.7 Å². The van der Waals surface area contributed by atoms with Gasteiger partial charge < -0.3 is 23.8 Å². The van der Waals surface area contributed by atoms with Crippen molar-refractivity contribution >= 4 is 11.8 Å². The van der Waals surface area contributed by atoms with E-state index in [-0.39, 0.29) is 30.8 Å². The number of aromatic nitrogens is 1. The lowest BCUT2D eigenvalue weighted by atomic mass is 9.99. The Morgan fingerprint density at radius 1 is 1.17 bits per heavy atom. The van der Waals surface area contributed by atoms with Crippen LogP contribution in [0.4, 0.5) is 4.39 Å². The number of fused-ring (bicyclic) bond motifs is 1. The maximum atomic E-state index is 13.9. The van der Waals surface area contributed by atoms with E-state index < -0.39 is 6.04 Å². The van der Waals surface area contributed by atoms with Gasteiger partial charge in [0, 0.05) is 45.7 Å². The minimum absolute atomic E-state index is 0.0852. The number of nitrogens with zero attached hydrogens (tertiary/aromatic N) is 3. The SMILES string of the molecule is COCCN(CC(=O)N1CCn2cccc2C1c1cccc(F)c1)C(=O)COC. The van der Waals surface area contributed by atoms with Gasteiger partial charge in [-0.05, 0) is 29.8 Å². The Kier molecular flexibility index (Phi) is 7.00. The number of rotatable bonds is 8. The zero-order valence-electron chi connectivity index (χ0n) is 16.7.